The molecule has 1 unspecified atom stereocenters. The van der Waals surface area contributed by atoms with Crippen molar-refractivity contribution in [2.75, 3.05) is 0 Å². The number of hydrogen-bond acceptors (Lipinski definition) is 2. The van der Waals surface area contributed by atoms with Crippen LogP contribution in [0.5, 0.6) is 0 Å². The lowest BCUT2D eigenvalue weighted by atomic mass is 10.1. The van der Waals surface area contributed by atoms with Crippen LogP contribution in [0.2, 0.25) is 10.0 Å². The predicted molar refractivity (Wildman–Crippen MR) is 80.5 cm³/mol. The van der Waals surface area contributed by atoms with Crippen LogP contribution >= 0.6 is 23.2 Å². The summed E-state index contributed by atoms with van der Waals surface area (Å²) in [5.41, 5.74) is -0.108. The van der Waals surface area contributed by atoms with Gasteiger partial charge in [0.05, 0.1) is 21.7 Å². The third kappa shape index (κ3) is 3.02. The fraction of sp³-hybridized carbons (Fsp3) is 0.133. The van der Waals surface area contributed by atoms with Gasteiger partial charge >= 0.3 is 6.18 Å². The molecule has 1 atom stereocenters. The Morgan fingerprint density at radius 1 is 1.22 bits per heavy atom. The number of H-pyrrole nitrogens is 1. The van der Waals surface area contributed by atoms with Crippen molar-refractivity contribution in [3.05, 3.63) is 63.4 Å². The van der Waals surface area contributed by atoms with Crippen LogP contribution in [-0.4, -0.2) is 15.1 Å². The molecule has 119 valence electrons. The number of pyridine rings is 1. The van der Waals surface area contributed by atoms with Crippen LogP contribution in [0.25, 0.3) is 11.0 Å². The summed E-state index contributed by atoms with van der Waals surface area (Å²) in [6.45, 7) is 0. The molecule has 0 aliphatic heterocycles. The van der Waals surface area contributed by atoms with Crippen LogP contribution in [0.1, 0.15) is 23.1 Å². The number of aromatic nitrogens is 2. The van der Waals surface area contributed by atoms with E-state index in [2.05, 4.69) is 16.0 Å². The Hall–Kier alpha value is -1.76. The average Bonchev–Trinajstić information content (AvgIpc) is 2.88. The first-order valence-corrected chi connectivity index (χ1v) is 7.13. The largest absolute Gasteiger partial charge is 0.433 e. The zero-order chi connectivity index (χ0) is 16.8. The van der Waals surface area contributed by atoms with Gasteiger partial charge in [-0.25, -0.2) is 4.98 Å². The van der Waals surface area contributed by atoms with Gasteiger partial charge in [-0.2, -0.15) is 13.2 Å². The molecule has 2 N–H and O–H groups in total. The van der Waals surface area contributed by atoms with Crippen molar-refractivity contribution in [3.8, 4) is 0 Å². The molecular weight excluding hydrogens is 352 g/mol. The van der Waals surface area contributed by atoms with Gasteiger partial charge in [-0.05, 0) is 24.3 Å². The van der Waals surface area contributed by atoms with Gasteiger partial charge in [0.25, 0.3) is 0 Å². The number of halogens is 5. The highest BCUT2D eigenvalue weighted by Gasteiger charge is 2.32. The summed E-state index contributed by atoms with van der Waals surface area (Å²) in [7, 11) is 0. The van der Waals surface area contributed by atoms with E-state index < -0.39 is 18.0 Å². The van der Waals surface area contributed by atoms with Crippen molar-refractivity contribution in [2.45, 2.75) is 12.3 Å². The zero-order valence-electron chi connectivity index (χ0n) is 11.2. The molecule has 1 radical (unpaired) electrons. The number of aromatic amines is 1. The summed E-state index contributed by atoms with van der Waals surface area (Å²) >= 11 is 12.0. The lowest BCUT2D eigenvalue weighted by molar-refractivity contribution is -0.140. The maximum Gasteiger partial charge on any atom is 0.433 e. The highest BCUT2D eigenvalue weighted by Crippen LogP contribution is 2.35. The van der Waals surface area contributed by atoms with E-state index in [1.165, 1.54) is 24.3 Å². The van der Waals surface area contributed by atoms with Crippen molar-refractivity contribution in [2.24, 2.45) is 0 Å². The summed E-state index contributed by atoms with van der Waals surface area (Å²) < 4.78 is 38.1. The number of alkyl halides is 3. The number of rotatable bonds is 2. The van der Waals surface area contributed by atoms with Crippen LogP contribution in [0, 0.1) is 6.07 Å². The van der Waals surface area contributed by atoms with E-state index in [1.54, 1.807) is 0 Å². The Labute approximate surface area is 138 Å². The fourth-order valence-electron chi connectivity index (χ4n) is 2.20. The molecule has 3 aromatic rings. The number of benzene rings is 1. The minimum Gasteiger partial charge on any atom is -0.382 e. The quantitative estimate of drug-likeness (QED) is 0.692. The van der Waals surface area contributed by atoms with Gasteiger partial charge < -0.3 is 10.1 Å². The molecule has 3 rings (SSSR count). The Kier molecular flexibility index (Phi) is 4.00. The monoisotopic (exact) mass is 359 g/mol. The molecule has 0 bridgehead atoms. The van der Waals surface area contributed by atoms with E-state index in [9.17, 15) is 18.3 Å². The van der Waals surface area contributed by atoms with Crippen LogP contribution in [0.15, 0.2) is 30.3 Å². The number of aliphatic hydroxyl groups excluding tert-OH is 1. The SMILES string of the molecule is OC(c1cc2nc(C(F)(F)F)ccc2[nH]1)c1c(Cl)[c]ccc1Cl. The molecule has 8 heteroatoms. The number of nitrogens with zero attached hydrogens (tertiary/aromatic N) is 1. The van der Waals surface area contributed by atoms with Crippen LogP contribution in [-0.2, 0) is 6.18 Å². The highest BCUT2D eigenvalue weighted by atomic mass is 35.5. The van der Waals surface area contributed by atoms with Crippen LogP contribution in [0.3, 0.4) is 0 Å². The Morgan fingerprint density at radius 2 is 1.96 bits per heavy atom. The Morgan fingerprint density at radius 3 is 2.61 bits per heavy atom. The highest BCUT2D eigenvalue weighted by molar-refractivity contribution is 6.36. The second kappa shape index (κ2) is 5.70. The minimum atomic E-state index is -4.54. The Balaban J connectivity index is 2.07. The molecule has 2 heterocycles. The van der Waals surface area contributed by atoms with Gasteiger partial charge in [-0.15, -0.1) is 0 Å². The first kappa shape index (κ1) is 16.1. The van der Waals surface area contributed by atoms with Crippen molar-refractivity contribution in [1.29, 1.82) is 0 Å². The molecule has 0 fully saturated rings. The van der Waals surface area contributed by atoms with E-state index in [0.717, 1.165) is 6.07 Å². The van der Waals surface area contributed by atoms with E-state index in [1.807, 2.05) is 0 Å². The molecule has 1 aromatic carbocycles. The maximum absolute atomic E-state index is 12.7. The molecule has 0 aliphatic carbocycles. The normalized spacial score (nSPS) is 13.5. The molecule has 2 aromatic heterocycles. The third-order valence-electron chi connectivity index (χ3n) is 3.29. The smallest absolute Gasteiger partial charge is 0.382 e. The van der Waals surface area contributed by atoms with Crippen molar-refractivity contribution >= 4 is 34.2 Å². The number of hydrogen-bond donors (Lipinski definition) is 2. The molecule has 0 aliphatic rings. The predicted octanol–water partition coefficient (Wildman–Crippen LogP) is 4.77. The van der Waals surface area contributed by atoms with E-state index in [-0.39, 0.29) is 26.8 Å². The number of nitrogens with one attached hydrogen (secondary N) is 1. The van der Waals surface area contributed by atoms with E-state index in [4.69, 9.17) is 23.2 Å². The summed E-state index contributed by atoms with van der Waals surface area (Å²) in [5, 5.41) is 10.8. The van der Waals surface area contributed by atoms with E-state index >= 15 is 0 Å². The lowest BCUT2D eigenvalue weighted by Gasteiger charge is -2.12. The summed E-state index contributed by atoms with van der Waals surface area (Å²) in [6.07, 6.45) is -5.78. The van der Waals surface area contributed by atoms with E-state index in [0.29, 0.717) is 5.52 Å². The van der Waals surface area contributed by atoms with Gasteiger partial charge in [0.15, 0.2) is 0 Å². The van der Waals surface area contributed by atoms with Crippen LogP contribution in [0.4, 0.5) is 13.2 Å². The molecule has 0 saturated carbocycles. The van der Waals surface area contributed by atoms with Gasteiger partial charge in [-0.1, -0.05) is 29.3 Å². The summed E-state index contributed by atoms with van der Waals surface area (Å²) in [4.78, 5) is 6.36. The van der Waals surface area contributed by atoms with Gasteiger partial charge in [0.1, 0.15) is 11.8 Å². The average molecular weight is 360 g/mol. The second-order valence-electron chi connectivity index (χ2n) is 4.81. The minimum absolute atomic E-state index is 0.0843. The van der Waals surface area contributed by atoms with Gasteiger partial charge in [0.2, 0.25) is 0 Å². The topological polar surface area (TPSA) is 48.9 Å². The molecule has 3 nitrogen and oxygen atoms in total. The molecule has 23 heavy (non-hydrogen) atoms. The summed E-state index contributed by atoms with van der Waals surface area (Å²) in [6, 6.07) is 9.15. The molecular formula is C15H8Cl2F3N2O. The zero-order valence-corrected chi connectivity index (χ0v) is 12.8. The molecule has 0 spiro atoms. The molecule has 0 amide bonds. The Bertz CT molecular complexity index is 857. The molecule has 0 saturated heterocycles. The van der Waals surface area contributed by atoms with Crippen molar-refractivity contribution < 1.29 is 18.3 Å². The first-order valence-electron chi connectivity index (χ1n) is 6.38. The summed E-state index contributed by atoms with van der Waals surface area (Å²) in [5.74, 6) is 0. The van der Waals surface area contributed by atoms with Gasteiger partial charge in [-0.3, -0.25) is 0 Å². The van der Waals surface area contributed by atoms with Crippen molar-refractivity contribution in [1.82, 2.24) is 9.97 Å². The maximum atomic E-state index is 12.7. The standard InChI is InChI=1S/C15H8Cl2F3N2O/c16-7-2-1-3-8(17)13(7)14(23)11-6-10-9(21-11)4-5-12(22-10)15(18,19)20/h1-2,4-6,14,21,23H. The number of aliphatic hydroxyl groups is 1. The number of fused-ring (bicyclic) bond motifs is 1. The lowest BCUT2D eigenvalue weighted by Crippen LogP contribution is -2.07. The third-order valence-corrected chi connectivity index (χ3v) is 3.93. The second-order valence-corrected chi connectivity index (χ2v) is 5.59. The van der Waals surface area contributed by atoms with Crippen LogP contribution < -0.4 is 0 Å². The fourth-order valence-corrected chi connectivity index (χ4v) is 2.78. The first-order chi connectivity index (χ1) is 10.8. The van der Waals surface area contributed by atoms with Crippen molar-refractivity contribution in [3.63, 3.8) is 0 Å². The van der Waals surface area contributed by atoms with Gasteiger partial charge in [0, 0.05) is 16.7 Å².